The van der Waals surface area contributed by atoms with Crippen molar-refractivity contribution in [3.63, 3.8) is 0 Å². The summed E-state index contributed by atoms with van der Waals surface area (Å²) in [6, 6.07) is 9.18. The first-order chi connectivity index (χ1) is 12.5. The van der Waals surface area contributed by atoms with Crippen LogP contribution in [0.3, 0.4) is 0 Å². The van der Waals surface area contributed by atoms with Crippen molar-refractivity contribution in [2.75, 3.05) is 0 Å². The Bertz CT molecular complexity index is 1020. The van der Waals surface area contributed by atoms with E-state index in [4.69, 9.17) is 16.1 Å². The van der Waals surface area contributed by atoms with Crippen molar-refractivity contribution in [1.29, 1.82) is 0 Å². The summed E-state index contributed by atoms with van der Waals surface area (Å²) >= 11 is 7.52. The highest BCUT2D eigenvalue weighted by Gasteiger charge is 2.23. The molecule has 1 aromatic carbocycles. The maximum Gasteiger partial charge on any atom is 0.147 e. The third kappa shape index (κ3) is 2.96. The number of aromatic nitrogens is 3. The third-order valence-corrected chi connectivity index (χ3v) is 5.66. The number of imidazole rings is 1. The van der Waals surface area contributed by atoms with Gasteiger partial charge in [-0.3, -0.25) is 0 Å². The molecule has 132 valence electrons. The van der Waals surface area contributed by atoms with Gasteiger partial charge in [-0.15, -0.1) is 11.3 Å². The fourth-order valence-electron chi connectivity index (χ4n) is 2.97. The van der Waals surface area contributed by atoms with E-state index in [-0.39, 0.29) is 0 Å². The minimum atomic E-state index is -0.794. The number of aliphatic hydroxyl groups is 1. The van der Waals surface area contributed by atoms with Crippen LogP contribution in [-0.2, 0) is 0 Å². The van der Waals surface area contributed by atoms with Gasteiger partial charge >= 0.3 is 0 Å². The zero-order valence-corrected chi connectivity index (χ0v) is 15.7. The van der Waals surface area contributed by atoms with Crippen LogP contribution in [0.25, 0.3) is 21.1 Å². The molecule has 0 aliphatic heterocycles. The van der Waals surface area contributed by atoms with Gasteiger partial charge < -0.3 is 14.6 Å². The predicted molar refractivity (Wildman–Crippen MR) is 102 cm³/mol. The second-order valence-electron chi connectivity index (χ2n) is 5.99. The van der Waals surface area contributed by atoms with Gasteiger partial charge in [0.05, 0.1) is 16.1 Å². The standard InChI is InChI=1S/C19H16ClN3O2S/c1-10-16(11(2)25-23-10)15-9-14(18(26-15)19-21-7-8-22-19)17(24)12-3-5-13(20)6-4-12/h3-9,17,24H,1-2H3,(H,21,22). The number of benzene rings is 1. The maximum atomic E-state index is 11.0. The molecular formula is C19H16ClN3O2S. The zero-order chi connectivity index (χ0) is 18.3. The van der Waals surface area contributed by atoms with Crippen LogP contribution in [-0.4, -0.2) is 20.2 Å². The number of aryl methyl sites for hydroxylation is 2. The molecule has 2 N–H and O–H groups in total. The molecule has 0 bridgehead atoms. The molecule has 5 nitrogen and oxygen atoms in total. The normalized spacial score (nSPS) is 12.5. The highest BCUT2D eigenvalue weighted by molar-refractivity contribution is 7.19. The smallest absolute Gasteiger partial charge is 0.147 e. The van der Waals surface area contributed by atoms with Crippen molar-refractivity contribution in [2.45, 2.75) is 20.0 Å². The van der Waals surface area contributed by atoms with Crippen LogP contribution in [0.4, 0.5) is 0 Å². The molecule has 1 unspecified atom stereocenters. The largest absolute Gasteiger partial charge is 0.384 e. The lowest BCUT2D eigenvalue weighted by atomic mass is 10.0. The second-order valence-corrected chi connectivity index (χ2v) is 7.47. The summed E-state index contributed by atoms with van der Waals surface area (Å²) in [5.41, 5.74) is 3.33. The molecule has 0 saturated heterocycles. The quantitative estimate of drug-likeness (QED) is 0.509. The van der Waals surface area contributed by atoms with Crippen molar-refractivity contribution < 1.29 is 9.63 Å². The van der Waals surface area contributed by atoms with Gasteiger partial charge in [-0.2, -0.15) is 0 Å². The van der Waals surface area contributed by atoms with E-state index >= 15 is 0 Å². The molecule has 0 fully saturated rings. The van der Waals surface area contributed by atoms with Gasteiger partial charge in [-0.25, -0.2) is 4.98 Å². The van der Waals surface area contributed by atoms with Crippen LogP contribution < -0.4 is 0 Å². The van der Waals surface area contributed by atoms with Gasteiger partial charge in [0.25, 0.3) is 0 Å². The lowest BCUT2D eigenvalue weighted by Gasteiger charge is -2.11. The molecule has 0 spiro atoms. The molecule has 0 radical (unpaired) electrons. The van der Waals surface area contributed by atoms with Gasteiger partial charge in [0.2, 0.25) is 0 Å². The van der Waals surface area contributed by atoms with Gasteiger partial charge in [0.15, 0.2) is 0 Å². The number of hydrogen-bond donors (Lipinski definition) is 2. The summed E-state index contributed by atoms with van der Waals surface area (Å²) in [6.07, 6.45) is 2.67. The Labute approximate surface area is 159 Å². The summed E-state index contributed by atoms with van der Waals surface area (Å²) < 4.78 is 5.30. The minimum Gasteiger partial charge on any atom is -0.384 e. The summed E-state index contributed by atoms with van der Waals surface area (Å²) in [4.78, 5) is 9.35. The molecule has 0 amide bonds. The van der Waals surface area contributed by atoms with E-state index in [0.717, 1.165) is 43.7 Å². The number of nitrogens with one attached hydrogen (secondary N) is 1. The summed E-state index contributed by atoms with van der Waals surface area (Å²) in [5, 5.41) is 15.7. The number of H-pyrrole nitrogens is 1. The van der Waals surface area contributed by atoms with Crippen LogP contribution >= 0.6 is 22.9 Å². The molecule has 0 aliphatic carbocycles. The number of nitrogens with zero attached hydrogens (tertiary/aromatic N) is 2. The fourth-order valence-corrected chi connectivity index (χ4v) is 4.39. The number of thiophene rings is 1. The summed E-state index contributed by atoms with van der Waals surface area (Å²) in [7, 11) is 0. The summed E-state index contributed by atoms with van der Waals surface area (Å²) in [6.45, 7) is 3.80. The van der Waals surface area contributed by atoms with Crippen molar-refractivity contribution in [3.8, 4) is 21.1 Å². The second kappa shape index (κ2) is 6.72. The summed E-state index contributed by atoms with van der Waals surface area (Å²) in [5.74, 6) is 1.47. The first kappa shape index (κ1) is 17.0. The van der Waals surface area contributed by atoms with Crippen LogP contribution in [0.1, 0.15) is 28.7 Å². The Morgan fingerprint density at radius 2 is 2.00 bits per heavy atom. The minimum absolute atomic E-state index is 0.633. The lowest BCUT2D eigenvalue weighted by molar-refractivity contribution is 0.221. The molecule has 7 heteroatoms. The number of hydrogen-bond acceptors (Lipinski definition) is 5. The van der Waals surface area contributed by atoms with E-state index in [9.17, 15) is 5.11 Å². The predicted octanol–water partition coefficient (Wildman–Crippen LogP) is 5.15. The average molecular weight is 386 g/mol. The van der Waals surface area contributed by atoms with Gasteiger partial charge in [-0.1, -0.05) is 28.9 Å². The Balaban J connectivity index is 1.86. The molecule has 26 heavy (non-hydrogen) atoms. The fraction of sp³-hybridized carbons (Fsp3) is 0.158. The molecule has 0 saturated carbocycles. The first-order valence-electron chi connectivity index (χ1n) is 8.05. The maximum absolute atomic E-state index is 11.0. The monoisotopic (exact) mass is 385 g/mol. The molecular weight excluding hydrogens is 370 g/mol. The number of rotatable bonds is 4. The topological polar surface area (TPSA) is 74.9 Å². The highest BCUT2D eigenvalue weighted by atomic mass is 35.5. The third-order valence-electron chi connectivity index (χ3n) is 4.23. The van der Waals surface area contributed by atoms with E-state index < -0.39 is 6.10 Å². The lowest BCUT2D eigenvalue weighted by Crippen LogP contribution is -1.99. The Kier molecular flexibility index (Phi) is 4.40. The van der Waals surface area contributed by atoms with E-state index in [1.165, 1.54) is 0 Å². The van der Waals surface area contributed by atoms with Gasteiger partial charge in [0, 0.05) is 27.9 Å². The van der Waals surface area contributed by atoms with Crippen molar-refractivity contribution in [2.24, 2.45) is 0 Å². The average Bonchev–Trinajstić information content (AvgIpc) is 3.35. The van der Waals surface area contributed by atoms with Crippen LogP contribution in [0.2, 0.25) is 5.02 Å². The van der Waals surface area contributed by atoms with Crippen LogP contribution in [0, 0.1) is 13.8 Å². The van der Waals surface area contributed by atoms with Crippen LogP contribution in [0.5, 0.6) is 0 Å². The van der Waals surface area contributed by atoms with E-state index in [2.05, 4.69) is 15.1 Å². The van der Waals surface area contributed by atoms with Crippen LogP contribution in [0.15, 0.2) is 47.2 Å². The van der Waals surface area contributed by atoms with E-state index in [1.807, 2.05) is 32.0 Å². The Hall–Kier alpha value is -2.41. The first-order valence-corrected chi connectivity index (χ1v) is 9.24. The van der Waals surface area contributed by atoms with Gasteiger partial charge in [0.1, 0.15) is 17.7 Å². The van der Waals surface area contributed by atoms with Crippen molar-refractivity contribution in [3.05, 3.63) is 70.3 Å². The van der Waals surface area contributed by atoms with Gasteiger partial charge in [-0.05, 0) is 37.6 Å². The molecule has 4 aromatic rings. The number of halogens is 1. The van der Waals surface area contributed by atoms with Crippen molar-refractivity contribution in [1.82, 2.24) is 15.1 Å². The number of aromatic amines is 1. The highest BCUT2D eigenvalue weighted by Crippen LogP contribution is 2.43. The molecule has 3 aromatic heterocycles. The zero-order valence-electron chi connectivity index (χ0n) is 14.2. The van der Waals surface area contributed by atoms with Crippen molar-refractivity contribution >= 4 is 22.9 Å². The Morgan fingerprint density at radius 3 is 2.62 bits per heavy atom. The number of aliphatic hydroxyl groups excluding tert-OH is 1. The molecule has 3 heterocycles. The Morgan fingerprint density at radius 1 is 1.23 bits per heavy atom. The SMILES string of the molecule is Cc1noc(C)c1-c1cc(C(O)c2ccc(Cl)cc2)c(-c2ncc[nH]2)s1. The molecule has 1 atom stereocenters. The molecule has 0 aliphatic rings. The van der Waals surface area contributed by atoms with E-state index in [0.29, 0.717) is 5.02 Å². The molecule has 4 rings (SSSR count). The van der Waals surface area contributed by atoms with E-state index in [1.54, 1.807) is 35.9 Å².